The Labute approximate surface area is 149 Å². The number of nitrogens with zero attached hydrogens (tertiary/aromatic N) is 3. The van der Waals surface area contributed by atoms with Gasteiger partial charge in [-0.3, -0.25) is 4.79 Å². The lowest BCUT2D eigenvalue weighted by molar-refractivity contribution is -0.177. The summed E-state index contributed by atoms with van der Waals surface area (Å²) in [4.78, 5) is 20.1. The Bertz CT molecular complexity index is 768. The predicted octanol–water partition coefficient (Wildman–Crippen LogP) is 3.33. The monoisotopic (exact) mass is 341 g/mol. The van der Waals surface area contributed by atoms with Crippen molar-refractivity contribution in [2.45, 2.75) is 57.6 Å². The molecule has 25 heavy (non-hydrogen) atoms. The number of para-hydroxylation sites is 2. The number of likely N-dealkylation sites (tertiary alicyclic amines) is 1. The van der Waals surface area contributed by atoms with Gasteiger partial charge < -0.3 is 14.2 Å². The molecule has 0 saturated carbocycles. The van der Waals surface area contributed by atoms with E-state index in [4.69, 9.17) is 9.72 Å². The van der Waals surface area contributed by atoms with Gasteiger partial charge in [-0.25, -0.2) is 4.98 Å². The van der Waals surface area contributed by atoms with Crippen LogP contribution in [0.15, 0.2) is 24.3 Å². The largest absolute Gasteiger partial charge is 0.375 e. The normalized spacial score (nSPS) is 20.6. The van der Waals surface area contributed by atoms with Gasteiger partial charge >= 0.3 is 0 Å². The van der Waals surface area contributed by atoms with E-state index in [2.05, 4.69) is 24.5 Å². The number of aryl methyl sites for hydroxylation is 1. The van der Waals surface area contributed by atoms with Crippen LogP contribution < -0.4 is 0 Å². The summed E-state index contributed by atoms with van der Waals surface area (Å²) in [6.07, 6.45) is 4.71. The fourth-order valence-electron chi connectivity index (χ4n) is 4.29. The minimum atomic E-state index is -0.168. The summed E-state index contributed by atoms with van der Waals surface area (Å²) in [5, 5.41) is 0. The highest BCUT2D eigenvalue weighted by Gasteiger charge is 2.42. The maximum absolute atomic E-state index is 13.3. The highest BCUT2D eigenvalue weighted by atomic mass is 16.5. The van der Waals surface area contributed by atoms with E-state index in [1.54, 1.807) is 0 Å². The minimum absolute atomic E-state index is 0.0781. The molecular formula is C20H27N3O2. The van der Waals surface area contributed by atoms with Crippen LogP contribution >= 0.6 is 0 Å². The van der Waals surface area contributed by atoms with Crippen molar-refractivity contribution in [2.24, 2.45) is 0 Å². The minimum Gasteiger partial charge on any atom is -0.375 e. The van der Waals surface area contributed by atoms with Crippen LogP contribution in [0.4, 0.5) is 0 Å². The van der Waals surface area contributed by atoms with Gasteiger partial charge in [-0.15, -0.1) is 0 Å². The van der Waals surface area contributed by atoms with Gasteiger partial charge in [-0.05, 0) is 37.8 Å². The fourth-order valence-corrected chi connectivity index (χ4v) is 4.29. The number of hydrogen-bond acceptors (Lipinski definition) is 3. The number of rotatable bonds is 4. The smallest absolute Gasteiger partial charge is 0.245 e. The van der Waals surface area contributed by atoms with Gasteiger partial charge in [-0.1, -0.05) is 26.0 Å². The average Bonchev–Trinajstić information content (AvgIpc) is 3.00. The van der Waals surface area contributed by atoms with Crippen molar-refractivity contribution in [3.8, 4) is 0 Å². The number of hydrogen-bond donors (Lipinski definition) is 0. The molecule has 0 radical (unpaired) electrons. The van der Waals surface area contributed by atoms with E-state index < -0.39 is 0 Å². The lowest BCUT2D eigenvalue weighted by Crippen LogP contribution is -2.54. The Morgan fingerprint density at radius 1 is 1.24 bits per heavy atom. The van der Waals surface area contributed by atoms with Gasteiger partial charge in [0.2, 0.25) is 5.91 Å². The Hall–Kier alpha value is -1.88. The van der Waals surface area contributed by atoms with Gasteiger partial charge in [0.05, 0.1) is 23.2 Å². The molecule has 0 aliphatic carbocycles. The van der Waals surface area contributed by atoms with Crippen LogP contribution in [0, 0.1) is 0 Å². The molecule has 134 valence electrons. The van der Waals surface area contributed by atoms with Crippen LogP contribution in [0.25, 0.3) is 11.0 Å². The number of aromatic nitrogens is 2. The highest BCUT2D eigenvalue weighted by molar-refractivity contribution is 5.84. The molecule has 0 bridgehead atoms. The standard InChI is InChI=1S/C20H27N3O2/c1-3-16(19(24)22-12-9-20(10-13-22)11-14-25-20)23-17-8-6-5-7-15(17)21-18(23)4-2/h5-8,16H,3-4,9-14H2,1-2H3/t16-/m1/s1. The Morgan fingerprint density at radius 3 is 2.56 bits per heavy atom. The molecular weight excluding hydrogens is 314 g/mol. The van der Waals surface area contributed by atoms with E-state index in [1.807, 2.05) is 23.1 Å². The van der Waals surface area contributed by atoms with Crippen molar-refractivity contribution in [3.63, 3.8) is 0 Å². The van der Waals surface area contributed by atoms with Crippen LogP contribution in [-0.4, -0.2) is 45.7 Å². The molecule has 2 aromatic rings. The summed E-state index contributed by atoms with van der Waals surface area (Å²) < 4.78 is 7.96. The first kappa shape index (κ1) is 16.6. The molecule has 0 N–H and O–H groups in total. The van der Waals surface area contributed by atoms with E-state index in [9.17, 15) is 4.79 Å². The summed E-state index contributed by atoms with van der Waals surface area (Å²) in [5.41, 5.74) is 2.12. The lowest BCUT2D eigenvalue weighted by Gasteiger charge is -2.48. The molecule has 3 heterocycles. The van der Waals surface area contributed by atoms with Crippen LogP contribution in [-0.2, 0) is 16.0 Å². The molecule has 2 aliphatic heterocycles. The van der Waals surface area contributed by atoms with Crippen molar-refractivity contribution >= 4 is 16.9 Å². The summed E-state index contributed by atoms with van der Waals surface area (Å²) in [5.74, 6) is 1.23. The van der Waals surface area contributed by atoms with Gasteiger partial charge in [0.15, 0.2) is 0 Å². The summed E-state index contributed by atoms with van der Waals surface area (Å²) in [6.45, 7) is 6.70. The van der Waals surface area contributed by atoms with Gasteiger partial charge in [0.1, 0.15) is 11.9 Å². The van der Waals surface area contributed by atoms with Gasteiger partial charge in [0.25, 0.3) is 0 Å². The number of amides is 1. The quantitative estimate of drug-likeness (QED) is 0.857. The van der Waals surface area contributed by atoms with E-state index in [0.717, 1.165) is 68.7 Å². The third kappa shape index (κ3) is 2.74. The molecule has 1 aromatic heterocycles. The third-order valence-corrected chi connectivity index (χ3v) is 5.92. The second-order valence-electron chi connectivity index (χ2n) is 7.27. The Balaban J connectivity index is 1.61. The lowest BCUT2D eigenvalue weighted by atomic mass is 9.84. The number of carbonyl (C=O) groups is 1. The molecule has 1 atom stereocenters. The maximum atomic E-state index is 13.3. The zero-order valence-corrected chi connectivity index (χ0v) is 15.2. The number of ether oxygens (including phenoxy) is 1. The van der Waals surface area contributed by atoms with E-state index in [-0.39, 0.29) is 17.6 Å². The fraction of sp³-hybridized carbons (Fsp3) is 0.600. The third-order valence-electron chi connectivity index (χ3n) is 5.92. The summed E-state index contributed by atoms with van der Waals surface area (Å²) >= 11 is 0. The number of carbonyl (C=O) groups excluding carboxylic acids is 1. The summed E-state index contributed by atoms with van der Waals surface area (Å²) in [7, 11) is 0. The second-order valence-corrected chi connectivity index (χ2v) is 7.27. The van der Waals surface area contributed by atoms with Crippen LogP contribution in [0.3, 0.4) is 0 Å². The number of benzene rings is 1. The Morgan fingerprint density at radius 2 is 1.96 bits per heavy atom. The highest BCUT2D eigenvalue weighted by Crippen LogP contribution is 2.37. The van der Waals surface area contributed by atoms with E-state index >= 15 is 0 Å². The predicted molar refractivity (Wildman–Crippen MR) is 97.6 cm³/mol. The summed E-state index contributed by atoms with van der Waals surface area (Å²) in [6, 6.07) is 7.96. The Kier molecular flexibility index (Phi) is 4.28. The zero-order valence-electron chi connectivity index (χ0n) is 15.2. The van der Waals surface area contributed by atoms with Crippen LogP contribution in [0.2, 0.25) is 0 Å². The number of imidazole rings is 1. The molecule has 5 heteroatoms. The van der Waals surface area contributed by atoms with Gasteiger partial charge in [-0.2, -0.15) is 0 Å². The molecule has 2 fully saturated rings. The topological polar surface area (TPSA) is 47.4 Å². The van der Waals surface area contributed by atoms with Crippen LogP contribution in [0.5, 0.6) is 0 Å². The molecule has 2 saturated heterocycles. The van der Waals surface area contributed by atoms with Crippen molar-refractivity contribution in [2.75, 3.05) is 19.7 Å². The molecule has 0 unspecified atom stereocenters. The molecule has 1 amide bonds. The number of fused-ring (bicyclic) bond motifs is 1. The second kappa shape index (κ2) is 6.45. The first-order valence-electron chi connectivity index (χ1n) is 9.56. The van der Waals surface area contributed by atoms with Crippen LogP contribution in [0.1, 0.15) is 51.4 Å². The molecule has 1 spiro atoms. The molecule has 1 aromatic carbocycles. The zero-order chi connectivity index (χ0) is 17.4. The van der Waals surface area contributed by atoms with Crippen molar-refractivity contribution in [1.29, 1.82) is 0 Å². The van der Waals surface area contributed by atoms with Gasteiger partial charge in [0, 0.05) is 19.5 Å². The first-order valence-corrected chi connectivity index (χ1v) is 9.56. The maximum Gasteiger partial charge on any atom is 0.245 e. The number of piperidine rings is 1. The molecule has 5 nitrogen and oxygen atoms in total. The van der Waals surface area contributed by atoms with E-state index in [0.29, 0.717) is 0 Å². The average molecular weight is 341 g/mol. The van der Waals surface area contributed by atoms with E-state index in [1.165, 1.54) is 0 Å². The molecule has 4 rings (SSSR count). The first-order chi connectivity index (χ1) is 12.2. The van der Waals surface area contributed by atoms with Crippen molar-refractivity contribution in [3.05, 3.63) is 30.1 Å². The van der Waals surface area contributed by atoms with Crippen molar-refractivity contribution in [1.82, 2.24) is 14.5 Å². The molecule has 2 aliphatic rings. The van der Waals surface area contributed by atoms with Crippen molar-refractivity contribution < 1.29 is 9.53 Å². The SMILES string of the molecule is CCc1nc2ccccc2n1[C@H](CC)C(=O)N1CCC2(CCO2)CC1.